The van der Waals surface area contributed by atoms with E-state index in [4.69, 9.17) is 0 Å². The van der Waals surface area contributed by atoms with Crippen molar-refractivity contribution < 1.29 is 23.1 Å². The molecule has 2 aliphatic rings. The van der Waals surface area contributed by atoms with Gasteiger partial charge in [0.1, 0.15) is 12.1 Å². The number of alkyl halides is 3. The molecule has 0 saturated heterocycles. The molecule has 13 heteroatoms. The van der Waals surface area contributed by atoms with E-state index in [1.807, 2.05) is 20.8 Å². The average molecular weight is 610 g/mol. The van der Waals surface area contributed by atoms with Crippen molar-refractivity contribution in [2.45, 2.75) is 58.2 Å². The summed E-state index contributed by atoms with van der Waals surface area (Å²) in [4.78, 5) is 24.6. The number of amides is 1. The van der Waals surface area contributed by atoms with E-state index in [2.05, 4.69) is 31.2 Å². The molecule has 4 aromatic rings. The Balaban J connectivity index is 1.25. The predicted octanol–water partition coefficient (Wildman–Crippen LogP) is 6.48. The van der Waals surface area contributed by atoms with Crippen molar-refractivity contribution in [1.29, 1.82) is 0 Å². The van der Waals surface area contributed by atoms with Gasteiger partial charge in [-0.2, -0.15) is 13.2 Å². The Labute approximate surface area is 249 Å². The first-order valence-corrected chi connectivity index (χ1v) is 14.6. The quantitative estimate of drug-likeness (QED) is 0.144. The third kappa shape index (κ3) is 5.95. The lowest BCUT2D eigenvalue weighted by Crippen LogP contribution is -2.32. The highest BCUT2D eigenvalue weighted by molar-refractivity contribution is 7.19. The summed E-state index contributed by atoms with van der Waals surface area (Å²) in [6, 6.07) is 8.72. The number of halogens is 3. The number of hydrogen-bond donors (Lipinski definition) is 5. The van der Waals surface area contributed by atoms with E-state index in [1.54, 1.807) is 35.5 Å². The summed E-state index contributed by atoms with van der Waals surface area (Å²) < 4.78 is 42.0. The van der Waals surface area contributed by atoms with E-state index in [9.17, 15) is 23.1 Å². The van der Waals surface area contributed by atoms with Crippen LogP contribution in [0.5, 0.6) is 0 Å². The molecule has 224 valence electrons. The zero-order valence-electron chi connectivity index (χ0n) is 23.6. The molecule has 2 aromatic carbocycles. The molecule has 2 unspecified atom stereocenters. The molecule has 2 atom stereocenters. The minimum absolute atomic E-state index is 0.00751. The van der Waals surface area contributed by atoms with E-state index >= 15 is 0 Å². The Morgan fingerprint density at radius 3 is 2.65 bits per heavy atom. The van der Waals surface area contributed by atoms with E-state index in [0.29, 0.717) is 22.8 Å². The number of thiophene rings is 1. The first-order valence-electron chi connectivity index (χ1n) is 13.8. The number of carbonyl (C=O) groups is 1. The Bertz CT molecular complexity index is 1730. The van der Waals surface area contributed by atoms with E-state index in [0.717, 1.165) is 45.9 Å². The van der Waals surface area contributed by atoms with E-state index in [1.165, 1.54) is 23.7 Å². The molecule has 1 fully saturated rings. The van der Waals surface area contributed by atoms with Crippen molar-refractivity contribution >= 4 is 50.3 Å². The van der Waals surface area contributed by atoms with E-state index in [-0.39, 0.29) is 23.1 Å². The first-order chi connectivity index (χ1) is 20.5. The molecular formula is C30H30F3N7O2S. The molecule has 1 saturated carbocycles. The van der Waals surface area contributed by atoms with Gasteiger partial charge in [0.15, 0.2) is 6.23 Å². The van der Waals surface area contributed by atoms with Crippen molar-refractivity contribution in [3.05, 3.63) is 82.3 Å². The minimum Gasteiger partial charge on any atom is -0.370 e. The number of aromatic nitrogens is 2. The first kappa shape index (κ1) is 28.7. The zero-order valence-corrected chi connectivity index (χ0v) is 24.4. The van der Waals surface area contributed by atoms with Gasteiger partial charge in [-0.25, -0.2) is 9.97 Å². The zero-order chi connectivity index (χ0) is 30.5. The number of aliphatic hydroxyl groups excluding tert-OH is 1. The summed E-state index contributed by atoms with van der Waals surface area (Å²) in [5.74, 6) is 0.157. The third-order valence-electron chi connectivity index (χ3n) is 7.47. The molecule has 2 aromatic heterocycles. The summed E-state index contributed by atoms with van der Waals surface area (Å²) >= 11 is 1.50. The maximum absolute atomic E-state index is 13.7. The minimum atomic E-state index is -4.60. The van der Waals surface area contributed by atoms with Crippen LogP contribution in [0.15, 0.2) is 55.1 Å². The van der Waals surface area contributed by atoms with Crippen LogP contribution in [0.25, 0.3) is 10.2 Å². The number of hydrogen-bond acceptors (Lipinski definition) is 9. The Morgan fingerprint density at radius 1 is 1.16 bits per heavy atom. The van der Waals surface area contributed by atoms with Crippen LogP contribution in [0.4, 0.5) is 36.1 Å². The number of aryl methyl sites for hydroxylation is 2. The predicted molar refractivity (Wildman–Crippen MR) is 162 cm³/mol. The SMILES string of the molecule is Cc1ccc(C(=O)Nc2cc(N3C=CNC3C)cc(C(F)(F)F)c2)cc1NC(O)c1c(C)sc2c(NC3CC3)ncnc12. The summed E-state index contributed by atoms with van der Waals surface area (Å²) in [7, 11) is 0. The Hall–Kier alpha value is -4.36. The summed E-state index contributed by atoms with van der Waals surface area (Å²) in [5.41, 5.74) is 2.15. The van der Waals surface area contributed by atoms with Crippen molar-refractivity contribution in [2.75, 3.05) is 20.9 Å². The molecule has 0 spiro atoms. The van der Waals surface area contributed by atoms with Crippen molar-refractivity contribution in [2.24, 2.45) is 0 Å². The number of aliphatic hydroxyl groups is 1. The van der Waals surface area contributed by atoms with Gasteiger partial charge in [-0.3, -0.25) is 4.79 Å². The van der Waals surface area contributed by atoms with Gasteiger partial charge in [0.2, 0.25) is 0 Å². The number of nitrogens with zero attached hydrogens (tertiary/aromatic N) is 3. The fourth-order valence-electron chi connectivity index (χ4n) is 5.00. The molecule has 43 heavy (non-hydrogen) atoms. The Kier molecular flexibility index (Phi) is 7.38. The standard InChI is InChI=1S/C30H30F3N7O2S/c1-15-4-5-18(28(41)38-21-11-19(30(31,32)33)12-22(13-21)40-9-8-34-17(40)3)10-23(15)39-29(42)24-16(2)43-26-25(24)35-14-36-27(26)37-20-6-7-20/h4-5,8-14,17,20,29,34,39,42H,6-7H2,1-3H3,(H,38,41)(H,35,36,37). The molecule has 1 aliphatic carbocycles. The number of rotatable bonds is 8. The van der Waals surface area contributed by atoms with Crippen LogP contribution >= 0.6 is 11.3 Å². The summed E-state index contributed by atoms with van der Waals surface area (Å²) in [6.45, 7) is 5.54. The maximum atomic E-state index is 13.7. The highest BCUT2D eigenvalue weighted by Crippen LogP contribution is 2.39. The molecule has 6 rings (SSSR count). The van der Waals surface area contributed by atoms with Gasteiger partial charge < -0.3 is 31.3 Å². The molecule has 1 amide bonds. The van der Waals surface area contributed by atoms with Crippen molar-refractivity contribution in [3.8, 4) is 0 Å². The fraction of sp³-hybridized carbons (Fsp3) is 0.300. The molecule has 0 radical (unpaired) electrons. The van der Waals surface area contributed by atoms with Gasteiger partial charge in [-0.15, -0.1) is 11.3 Å². The van der Waals surface area contributed by atoms with Crippen LogP contribution in [0.2, 0.25) is 0 Å². The normalized spacial score (nSPS) is 17.2. The van der Waals surface area contributed by atoms with Crippen LogP contribution in [0.1, 0.15) is 57.9 Å². The van der Waals surface area contributed by atoms with Gasteiger partial charge in [-0.1, -0.05) is 6.07 Å². The van der Waals surface area contributed by atoms with Gasteiger partial charge >= 0.3 is 6.18 Å². The van der Waals surface area contributed by atoms with Crippen molar-refractivity contribution in [1.82, 2.24) is 15.3 Å². The number of benzene rings is 2. The largest absolute Gasteiger partial charge is 0.416 e. The van der Waals surface area contributed by atoms with E-state index < -0.39 is 23.9 Å². The number of carbonyl (C=O) groups excluding carboxylic acids is 1. The smallest absolute Gasteiger partial charge is 0.370 e. The van der Waals surface area contributed by atoms with Gasteiger partial charge in [0, 0.05) is 51.5 Å². The number of anilines is 4. The topological polar surface area (TPSA) is 114 Å². The van der Waals surface area contributed by atoms with Gasteiger partial charge in [0.05, 0.1) is 21.9 Å². The molecular weight excluding hydrogens is 579 g/mol. The van der Waals surface area contributed by atoms with Gasteiger partial charge in [-0.05, 0) is 69.5 Å². The highest BCUT2D eigenvalue weighted by atomic mass is 32.1. The lowest BCUT2D eigenvalue weighted by Gasteiger charge is -2.24. The molecule has 9 nitrogen and oxygen atoms in total. The number of nitrogens with one attached hydrogen (secondary N) is 4. The second-order valence-corrected chi connectivity index (χ2v) is 12.0. The van der Waals surface area contributed by atoms with Crippen LogP contribution < -0.4 is 26.2 Å². The maximum Gasteiger partial charge on any atom is 0.416 e. The van der Waals surface area contributed by atoms with Crippen LogP contribution in [-0.2, 0) is 6.18 Å². The van der Waals surface area contributed by atoms with Crippen molar-refractivity contribution in [3.63, 3.8) is 0 Å². The van der Waals surface area contributed by atoms with Crippen LogP contribution in [0.3, 0.4) is 0 Å². The summed E-state index contributed by atoms with van der Waals surface area (Å²) in [6.07, 6.45) is 0.970. The highest BCUT2D eigenvalue weighted by Gasteiger charge is 2.32. The molecule has 5 N–H and O–H groups in total. The summed E-state index contributed by atoms with van der Waals surface area (Å²) in [5, 5.41) is 23.4. The van der Waals surface area contributed by atoms with Crippen LogP contribution in [0, 0.1) is 13.8 Å². The monoisotopic (exact) mass is 609 g/mol. The number of fused-ring (bicyclic) bond motifs is 1. The molecule has 0 bridgehead atoms. The second-order valence-electron chi connectivity index (χ2n) is 10.8. The average Bonchev–Trinajstić information content (AvgIpc) is 3.55. The van der Waals surface area contributed by atoms with Crippen LogP contribution in [-0.4, -0.2) is 33.2 Å². The fourth-order valence-corrected chi connectivity index (χ4v) is 6.09. The Morgan fingerprint density at radius 2 is 1.95 bits per heavy atom. The molecule has 3 heterocycles. The second kappa shape index (κ2) is 11.0. The molecule has 1 aliphatic heterocycles. The lowest BCUT2D eigenvalue weighted by molar-refractivity contribution is -0.137. The van der Waals surface area contributed by atoms with Gasteiger partial charge in [0.25, 0.3) is 5.91 Å². The third-order valence-corrected chi connectivity index (χ3v) is 8.58. The lowest BCUT2D eigenvalue weighted by atomic mass is 10.1.